The van der Waals surface area contributed by atoms with Crippen LogP contribution < -0.4 is 16.4 Å². The summed E-state index contributed by atoms with van der Waals surface area (Å²) in [7, 11) is 0. The highest BCUT2D eigenvalue weighted by Crippen LogP contribution is 2.34. The standard InChI is InChI=1S/C29H40N8O2/c30-20-10-12-21(13-11-20)33-29-34-26(24-27(35-29)37(18-31-24)23-8-4-5-9-23)32-22-14-16-36(17-15-22)28(39)25(38)19-6-2-1-3-7-19/h1-3,6-7,18,20-23,25,38H,4-5,8-17,30H2,(H2,32,33,34,35). The summed E-state index contributed by atoms with van der Waals surface area (Å²) in [6.45, 7) is 1.16. The number of fused-ring (bicyclic) bond motifs is 1. The summed E-state index contributed by atoms with van der Waals surface area (Å²) in [5, 5.41) is 17.8. The van der Waals surface area contributed by atoms with Crippen LogP contribution in [0.3, 0.4) is 0 Å². The van der Waals surface area contributed by atoms with Crippen LogP contribution in [-0.2, 0) is 4.79 Å². The third-order valence-electron chi connectivity index (χ3n) is 8.74. The first kappa shape index (κ1) is 26.0. The lowest BCUT2D eigenvalue weighted by molar-refractivity contribution is -0.141. The van der Waals surface area contributed by atoms with Crippen molar-refractivity contribution in [3.8, 4) is 0 Å². The average Bonchev–Trinajstić information content (AvgIpc) is 3.65. The van der Waals surface area contributed by atoms with E-state index in [1.165, 1.54) is 12.8 Å². The van der Waals surface area contributed by atoms with Gasteiger partial charge < -0.3 is 30.9 Å². The fraction of sp³-hybridized carbons (Fsp3) is 0.586. The Labute approximate surface area is 229 Å². The average molecular weight is 533 g/mol. The molecule has 10 nitrogen and oxygen atoms in total. The van der Waals surface area contributed by atoms with Crippen molar-refractivity contribution in [2.24, 2.45) is 5.73 Å². The van der Waals surface area contributed by atoms with Crippen molar-refractivity contribution in [3.05, 3.63) is 42.2 Å². The van der Waals surface area contributed by atoms with Crippen molar-refractivity contribution in [2.45, 2.75) is 94.5 Å². The second-order valence-electron chi connectivity index (χ2n) is 11.5. The Hall–Kier alpha value is -3.24. The molecule has 2 aliphatic carbocycles. The van der Waals surface area contributed by atoms with Gasteiger partial charge in [0.25, 0.3) is 5.91 Å². The van der Waals surface area contributed by atoms with Crippen LogP contribution in [-0.4, -0.2) is 66.6 Å². The van der Waals surface area contributed by atoms with Gasteiger partial charge in [0.2, 0.25) is 5.95 Å². The molecule has 1 amide bonds. The summed E-state index contributed by atoms with van der Waals surface area (Å²) in [5.74, 6) is 1.16. The lowest BCUT2D eigenvalue weighted by atomic mass is 9.92. The maximum Gasteiger partial charge on any atom is 0.256 e. The van der Waals surface area contributed by atoms with E-state index in [0.29, 0.717) is 42.7 Å². The number of carbonyl (C=O) groups is 1. The molecule has 0 spiro atoms. The molecule has 1 atom stereocenters. The van der Waals surface area contributed by atoms with Crippen molar-refractivity contribution >= 4 is 28.8 Å². The lowest BCUT2D eigenvalue weighted by Gasteiger charge is -2.34. The number of amides is 1. The molecular formula is C29H40N8O2. The second kappa shape index (κ2) is 11.5. The smallest absolute Gasteiger partial charge is 0.256 e. The van der Waals surface area contributed by atoms with Crippen molar-refractivity contribution < 1.29 is 9.90 Å². The van der Waals surface area contributed by atoms with Crippen LogP contribution in [0, 0.1) is 0 Å². The molecule has 3 aromatic rings. The number of aromatic nitrogens is 4. The molecule has 6 rings (SSSR count). The summed E-state index contributed by atoms with van der Waals surface area (Å²) >= 11 is 0. The number of anilines is 2. The third kappa shape index (κ3) is 5.72. The Bertz CT molecular complexity index is 1260. The maximum absolute atomic E-state index is 12.9. The Balaban J connectivity index is 1.17. The summed E-state index contributed by atoms with van der Waals surface area (Å²) < 4.78 is 2.24. The van der Waals surface area contributed by atoms with Gasteiger partial charge >= 0.3 is 0 Å². The van der Waals surface area contributed by atoms with E-state index in [4.69, 9.17) is 20.7 Å². The topological polar surface area (TPSA) is 134 Å². The van der Waals surface area contributed by atoms with E-state index in [1.54, 1.807) is 17.0 Å². The Kier molecular flexibility index (Phi) is 7.65. The molecule has 1 unspecified atom stereocenters. The van der Waals surface area contributed by atoms with Gasteiger partial charge in [-0.1, -0.05) is 43.2 Å². The highest BCUT2D eigenvalue weighted by atomic mass is 16.3. The highest BCUT2D eigenvalue weighted by molar-refractivity contribution is 5.85. The van der Waals surface area contributed by atoms with Gasteiger partial charge in [-0.05, 0) is 56.9 Å². The van der Waals surface area contributed by atoms with Crippen molar-refractivity contribution in [1.29, 1.82) is 0 Å². The molecular weight excluding hydrogens is 492 g/mol. The molecule has 0 bridgehead atoms. The monoisotopic (exact) mass is 532 g/mol. The van der Waals surface area contributed by atoms with Gasteiger partial charge in [-0.15, -0.1) is 0 Å². The normalized spacial score (nSPS) is 23.7. The molecule has 5 N–H and O–H groups in total. The minimum absolute atomic E-state index is 0.151. The number of nitrogens with two attached hydrogens (primary N) is 1. The number of likely N-dealkylation sites (tertiary alicyclic amines) is 1. The zero-order chi connectivity index (χ0) is 26.8. The number of aliphatic hydroxyl groups is 1. The van der Waals surface area contributed by atoms with E-state index in [9.17, 15) is 9.90 Å². The number of hydrogen-bond acceptors (Lipinski definition) is 8. The Morgan fingerprint density at radius 1 is 0.923 bits per heavy atom. The molecule has 2 saturated carbocycles. The van der Waals surface area contributed by atoms with Gasteiger partial charge in [-0.3, -0.25) is 4.79 Å². The van der Waals surface area contributed by atoms with Gasteiger partial charge in [0.05, 0.1) is 6.33 Å². The molecule has 1 aromatic carbocycles. The first-order valence-electron chi connectivity index (χ1n) is 14.6. The largest absolute Gasteiger partial charge is 0.378 e. The van der Waals surface area contributed by atoms with Crippen LogP contribution in [0.4, 0.5) is 11.8 Å². The number of nitrogens with one attached hydrogen (secondary N) is 2. The molecule has 1 aliphatic heterocycles. The van der Waals surface area contributed by atoms with Crippen molar-refractivity contribution in [1.82, 2.24) is 24.4 Å². The third-order valence-corrected chi connectivity index (χ3v) is 8.74. The van der Waals surface area contributed by atoms with E-state index in [-0.39, 0.29) is 11.9 Å². The number of imidazole rings is 1. The summed E-state index contributed by atoms with van der Waals surface area (Å²) in [5.41, 5.74) is 8.44. The van der Waals surface area contributed by atoms with Crippen LogP contribution in [0.1, 0.15) is 81.9 Å². The molecule has 3 heterocycles. The number of carbonyl (C=O) groups excluding carboxylic acids is 1. The van der Waals surface area contributed by atoms with E-state index in [1.807, 2.05) is 24.5 Å². The number of benzene rings is 1. The fourth-order valence-corrected chi connectivity index (χ4v) is 6.37. The maximum atomic E-state index is 12.9. The number of aliphatic hydroxyl groups excluding tert-OH is 1. The lowest BCUT2D eigenvalue weighted by Crippen LogP contribution is -2.44. The fourth-order valence-electron chi connectivity index (χ4n) is 6.37. The second-order valence-corrected chi connectivity index (χ2v) is 11.5. The van der Waals surface area contributed by atoms with Gasteiger partial charge in [0, 0.05) is 37.3 Å². The minimum atomic E-state index is -1.13. The van der Waals surface area contributed by atoms with E-state index < -0.39 is 6.10 Å². The molecule has 208 valence electrons. The molecule has 10 heteroatoms. The van der Waals surface area contributed by atoms with Gasteiger partial charge in [-0.25, -0.2) is 4.98 Å². The quantitative estimate of drug-likeness (QED) is 0.361. The first-order valence-corrected chi connectivity index (χ1v) is 14.6. The number of rotatable bonds is 7. The zero-order valence-electron chi connectivity index (χ0n) is 22.5. The van der Waals surface area contributed by atoms with Crippen LogP contribution in [0.5, 0.6) is 0 Å². The van der Waals surface area contributed by atoms with E-state index in [2.05, 4.69) is 15.2 Å². The van der Waals surface area contributed by atoms with Gasteiger partial charge in [0.15, 0.2) is 23.1 Å². The van der Waals surface area contributed by atoms with Crippen molar-refractivity contribution in [2.75, 3.05) is 23.7 Å². The highest BCUT2D eigenvalue weighted by Gasteiger charge is 2.29. The van der Waals surface area contributed by atoms with Crippen LogP contribution in [0.2, 0.25) is 0 Å². The predicted octanol–water partition coefficient (Wildman–Crippen LogP) is 3.76. The molecule has 39 heavy (non-hydrogen) atoms. The number of nitrogens with zero attached hydrogens (tertiary/aromatic N) is 5. The molecule has 0 radical (unpaired) electrons. The molecule has 3 aliphatic rings. The Morgan fingerprint density at radius 3 is 2.33 bits per heavy atom. The zero-order valence-corrected chi connectivity index (χ0v) is 22.5. The summed E-state index contributed by atoms with van der Waals surface area (Å²) in [4.78, 5) is 29.3. The van der Waals surface area contributed by atoms with Crippen molar-refractivity contribution in [3.63, 3.8) is 0 Å². The number of piperidine rings is 1. The van der Waals surface area contributed by atoms with Crippen LogP contribution in [0.25, 0.3) is 11.2 Å². The SMILES string of the molecule is NC1CCC(Nc2nc(NC3CCN(C(=O)C(O)c4ccccc4)CC3)c3ncn(C4CCCC4)c3n2)CC1. The van der Waals surface area contributed by atoms with Crippen LogP contribution >= 0.6 is 0 Å². The molecule has 3 fully saturated rings. The van der Waals surface area contributed by atoms with E-state index >= 15 is 0 Å². The minimum Gasteiger partial charge on any atom is -0.378 e. The number of hydrogen-bond donors (Lipinski definition) is 4. The summed E-state index contributed by atoms with van der Waals surface area (Å²) in [6, 6.07) is 10.3. The summed E-state index contributed by atoms with van der Waals surface area (Å²) in [6.07, 6.45) is 11.2. The van der Waals surface area contributed by atoms with Gasteiger partial charge in [0.1, 0.15) is 0 Å². The Morgan fingerprint density at radius 2 is 1.62 bits per heavy atom. The first-order chi connectivity index (χ1) is 19.0. The molecule has 2 aromatic heterocycles. The van der Waals surface area contributed by atoms with E-state index in [0.717, 1.165) is 68.3 Å². The predicted molar refractivity (Wildman–Crippen MR) is 151 cm³/mol. The molecule has 1 saturated heterocycles. The van der Waals surface area contributed by atoms with Crippen LogP contribution in [0.15, 0.2) is 36.7 Å². The van der Waals surface area contributed by atoms with Gasteiger partial charge in [-0.2, -0.15) is 9.97 Å².